The lowest BCUT2D eigenvalue weighted by molar-refractivity contribution is 0.0130. The number of methoxy groups -OCH3 is 2. The fraction of sp³-hybridized carbons (Fsp3) is 0.600. The van der Waals surface area contributed by atoms with Gasteiger partial charge in [0, 0.05) is 25.3 Å². The summed E-state index contributed by atoms with van der Waals surface area (Å²) in [6.07, 6.45) is 2.50. The minimum atomic E-state index is 0.353. The number of nitrogens with one attached hydrogen (secondary N) is 1. The van der Waals surface area contributed by atoms with Gasteiger partial charge >= 0.3 is 0 Å². The van der Waals surface area contributed by atoms with Gasteiger partial charge in [-0.1, -0.05) is 0 Å². The summed E-state index contributed by atoms with van der Waals surface area (Å²) in [6.45, 7) is 3.80. The normalized spacial score (nSPS) is 23.1. The maximum absolute atomic E-state index is 5.55. The summed E-state index contributed by atoms with van der Waals surface area (Å²) in [6, 6.07) is 6.50. The number of hydrogen-bond donors (Lipinski definition) is 1. The average Bonchev–Trinajstić information content (AvgIpc) is 2.44. The molecule has 0 amide bonds. The van der Waals surface area contributed by atoms with E-state index in [-0.39, 0.29) is 0 Å². The van der Waals surface area contributed by atoms with Gasteiger partial charge in [0.25, 0.3) is 0 Å². The molecule has 1 aromatic carbocycles. The van der Waals surface area contributed by atoms with Crippen LogP contribution in [0.4, 0.5) is 0 Å². The molecule has 1 aliphatic rings. The van der Waals surface area contributed by atoms with Crippen LogP contribution >= 0.6 is 0 Å². The Morgan fingerprint density at radius 1 is 1.21 bits per heavy atom. The number of rotatable bonds is 5. The Bertz CT molecular complexity index is 386. The number of benzene rings is 1. The summed E-state index contributed by atoms with van der Waals surface area (Å²) in [5.74, 6) is 1.66. The average molecular weight is 265 g/mol. The summed E-state index contributed by atoms with van der Waals surface area (Å²) < 4.78 is 16.1. The maximum atomic E-state index is 5.55. The van der Waals surface area contributed by atoms with E-state index in [9.17, 15) is 0 Å². The van der Waals surface area contributed by atoms with Crippen molar-refractivity contribution in [3.63, 3.8) is 0 Å². The van der Waals surface area contributed by atoms with Crippen molar-refractivity contribution in [2.45, 2.75) is 38.5 Å². The van der Waals surface area contributed by atoms with Crippen molar-refractivity contribution >= 4 is 0 Å². The third-order valence-corrected chi connectivity index (χ3v) is 3.49. The highest BCUT2D eigenvalue weighted by atomic mass is 16.5. The highest BCUT2D eigenvalue weighted by Crippen LogP contribution is 2.23. The van der Waals surface area contributed by atoms with E-state index < -0.39 is 0 Å². The van der Waals surface area contributed by atoms with Gasteiger partial charge in [0.1, 0.15) is 11.5 Å². The van der Waals surface area contributed by atoms with Crippen molar-refractivity contribution in [3.8, 4) is 11.5 Å². The molecule has 2 unspecified atom stereocenters. The molecule has 4 nitrogen and oxygen atoms in total. The molecule has 1 aromatic rings. The zero-order valence-electron chi connectivity index (χ0n) is 11.9. The lowest BCUT2D eigenvalue weighted by atomic mass is 10.0. The highest BCUT2D eigenvalue weighted by molar-refractivity contribution is 5.38. The number of hydrogen-bond acceptors (Lipinski definition) is 4. The molecule has 1 fully saturated rings. The standard InChI is InChI=1S/C15H23NO3/c1-11-6-13(4-5-19-11)16-10-12-7-14(17-2)9-15(8-12)18-3/h7-9,11,13,16H,4-6,10H2,1-3H3. The van der Waals surface area contributed by atoms with Crippen LogP contribution in [0.2, 0.25) is 0 Å². The predicted molar refractivity (Wildman–Crippen MR) is 74.8 cm³/mol. The van der Waals surface area contributed by atoms with Gasteiger partial charge in [0.05, 0.1) is 20.3 Å². The Hall–Kier alpha value is -1.26. The summed E-state index contributed by atoms with van der Waals surface area (Å²) in [5.41, 5.74) is 1.18. The van der Waals surface area contributed by atoms with Crippen molar-refractivity contribution < 1.29 is 14.2 Å². The van der Waals surface area contributed by atoms with Gasteiger partial charge in [-0.25, -0.2) is 0 Å². The maximum Gasteiger partial charge on any atom is 0.122 e. The second-order valence-electron chi connectivity index (χ2n) is 5.00. The summed E-state index contributed by atoms with van der Waals surface area (Å²) >= 11 is 0. The van der Waals surface area contributed by atoms with Crippen LogP contribution in [0.25, 0.3) is 0 Å². The third-order valence-electron chi connectivity index (χ3n) is 3.49. The molecule has 1 N–H and O–H groups in total. The molecule has 4 heteroatoms. The first-order valence-corrected chi connectivity index (χ1v) is 6.78. The molecule has 0 saturated carbocycles. The molecule has 106 valence electrons. The Morgan fingerprint density at radius 2 is 1.89 bits per heavy atom. The Balaban J connectivity index is 1.94. The molecule has 0 aliphatic carbocycles. The van der Waals surface area contributed by atoms with Crippen molar-refractivity contribution in [1.82, 2.24) is 5.32 Å². The zero-order chi connectivity index (χ0) is 13.7. The van der Waals surface area contributed by atoms with E-state index >= 15 is 0 Å². The van der Waals surface area contributed by atoms with Crippen LogP contribution in [0.3, 0.4) is 0 Å². The first kappa shape index (κ1) is 14.2. The quantitative estimate of drug-likeness (QED) is 0.887. The van der Waals surface area contributed by atoms with Crippen LogP contribution in [0.15, 0.2) is 18.2 Å². The number of ether oxygens (including phenoxy) is 3. The molecule has 19 heavy (non-hydrogen) atoms. The Kier molecular flexibility index (Phi) is 5.05. The van der Waals surface area contributed by atoms with Crippen LogP contribution in [0.1, 0.15) is 25.3 Å². The summed E-state index contributed by atoms with van der Waals surface area (Å²) in [4.78, 5) is 0. The van der Waals surface area contributed by atoms with Crippen LogP contribution in [-0.2, 0) is 11.3 Å². The van der Waals surface area contributed by atoms with Crippen molar-refractivity contribution in [3.05, 3.63) is 23.8 Å². The fourth-order valence-corrected chi connectivity index (χ4v) is 2.41. The first-order valence-electron chi connectivity index (χ1n) is 6.78. The van der Waals surface area contributed by atoms with E-state index in [2.05, 4.69) is 12.2 Å². The van der Waals surface area contributed by atoms with Gasteiger partial charge in [0.15, 0.2) is 0 Å². The monoisotopic (exact) mass is 265 g/mol. The molecule has 0 bridgehead atoms. The highest BCUT2D eigenvalue weighted by Gasteiger charge is 2.18. The second kappa shape index (κ2) is 6.78. The third kappa shape index (κ3) is 4.11. The SMILES string of the molecule is COc1cc(CNC2CCOC(C)C2)cc(OC)c1. The first-order chi connectivity index (χ1) is 9.21. The molecule has 0 spiro atoms. The predicted octanol–water partition coefficient (Wildman–Crippen LogP) is 2.36. The molecule has 1 aliphatic heterocycles. The molecule has 0 aromatic heterocycles. The van der Waals surface area contributed by atoms with Gasteiger partial charge in [-0.05, 0) is 37.5 Å². The van der Waals surface area contributed by atoms with E-state index in [1.165, 1.54) is 5.56 Å². The fourth-order valence-electron chi connectivity index (χ4n) is 2.41. The van der Waals surface area contributed by atoms with Gasteiger partial charge in [-0.2, -0.15) is 0 Å². The molecule has 0 radical (unpaired) electrons. The zero-order valence-corrected chi connectivity index (χ0v) is 11.9. The lowest BCUT2D eigenvalue weighted by Crippen LogP contribution is -2.37. The van der Waals surface area contributed by atoms with E-state index in [0.29, 0.717) is 12.1 Å². The second-order valence-corrected chi connectivity index (χ2v) is 5.00. The summed E-state index contributed by atoms with van der Waals surface area (Å²) in [5, 5.41) is 3.58. The molecular weight excluding hydrogens is 242 g/mol. The van der Waals surface area contributed by atoms with E-state index in [1.54, 1.807) is 14.2 Å². The van der Waals surface area contributed by atoms with Crippen molar-refractivity contribution in [2.75, 3.05) is 20.8 Å². The largest absolute Gasteiger partial charge is 0.497 e. The van der Waals surface area contributed by atoms with Crippen molar-refractivity contribution in [2.24, 2.45) is 0 Å². The van der Waals surface area contributed by atoms with E-state index in [4.69, 9.17) is 14.2 Å². The topological polar surface area (TPSA) is 39.7 Å². The smallest absolute Gasteiger partial charge is 0.122 e. The minimum absolute atomic E-state index is 0.353. The van der Waals surface area contributed by atoms with Crippen molar-refractivity contribution in [1.29, 1.82) is 0 Å². The molecule has 2 atom stereocenters. The van der Waals surface area contributed by atoms with Crippen LogP contribution in [-0.4, -0.2) is 33.0 Å². The molecule has 1 saturated heterocycles. The van der Waals surface area contributed by atoms with Crippen LogP contribution in [0, 0.1) is 0 Å². The summed E-state index contributed by atoms with van der Waals surface area (Å²) in [7, 11) is 3.35. The molecule has 2 rings (SSSR count). The van der Waals surface area contributed by atoms with Gasteiger partial charge in [-0.15, -0.1) is 0 Å². The van der Waals surface area contributed by atoms with Crippen LogP contribution in [0.5, 0.6) is 11.5 Å². The molecular formula is C15H23NO3. The van der Waals surface area contributed by atoms with Gasteiger partial charge < -0.3 is 19.5 Å². The van der Waals surface area contributed by atoms with Crippen LogP contribution < -0.4 is 14.8 Å². The molecule has 1 heterocycles. The lowest BCUT2D eigenvalue weighted by Gasteiger charge is -2.28. The minimum Gasteiger partial charge on any atom is -0.497 e. The van der Waals surface area contributed by atoms with E-state index in [0.717, 1.165) is 37.5 Å². The Labute approximate surface area is 115 Å². The Morgan fingerprint density at radius 3 is 2.47 bits per heavy atom. The van der Waals surface area contributed by atoms with E-state index in [1.807, 2.05) is 18.2 Å². The van der Waals surface area contributed by atoms with Gasteiger partial charge in [-0.3, -0.25) is 0 Å². The van der Waals surface area contributed by atoms with Gasteiger partial charge in [0.2, 0.25) is 0 Å².